The van der Waals surface area contributed by atoms with Crippen LogP contribution in [0.4, 0.5) is 17.5 Å². The van der Waals surface area contributed by atoms with E-state index >= 15 is 0 Å². The van der Waals surface area contributed by atoms with Crippen LogP contribution in [0.25, 0.3) is 11.2 Å². The summed E-state index contributed by atoms with van der Waals surface area (Å²) in [5.41, 5.74) is 2.08. The van der Waals surface area contributed by atoms with Crippen molar-refractivity contribution in [2.24, 2.45) is 0 Å². The zero-order valence-electron chi connectivity index (χ0n) is 15.6. The van der Waals surface area contributed by atoms with Crippen LogP contribution in [0, 0.1) is 0 Å². The Morgan fingerprint density at radius 1 is 1.04 bits per heavy atom. The van der Waals surface area contributed by atoms with Gasteiger partial charge in [0.05, 0.1) is 19.3 Å². The van der Waals surface area contributed by atoms with E-state index in [1.807, 2.05) is 24.3 Å². The van der Waals surface area contributed by atoms with Crippen molar-refractivity contribution in [3.8, 4) is 5.75 Å². The number of ether oxygens (including phenoxy) is 2. The SMILES string of the molecule is COc1ccc(Nc2nc(N3C[C@@H](C)O[C@H](C)C3)nc3nccnc23)cc1. The monoisotopic (exact) mass is 366 g/mol. The standard InChI is InChI=1S/C19H22N6O2/c1-12-10-25(11-13(2)27-12)19-23-17-16(20-8-9-21-17)18(24-19)22-14-4-6-15(26-3)7-5-14/h4-9,12-13H,10-11H2,1-3H3,(H,21,22,23,24)/t12-,13-/m1/s1. The molecule has 1 fully saturated rings. The molecule has 27 heavy (non-hydrogen) atoms. The number of aromatic nitrogens is 4. The van der Waals surface area contributed by atoms with Crippen LogP contribution in [-0.2, 0) is 4.74 Å². The minimum absolute atomic E-state index is 0.118. The number of hydrogen-bond donors (Lipinski definition) is 1. The molecule has 3 heterocycles. The Balaban J connectivity index is 1.71. The summed E-state index contributed by atoms with van der Waals surface area (Å²) < 4.78 is 11.0. The number of methoxy groups -OCH3 is 1. The maximum absolute atomic E-state index is 5.82. The highest BCUT2D eigenvalue weighted by Crippen LogP contribution is 2.26. The van der Waals surface area contributed by atoms with Crippen LogP contribution in [0.2, 0.25) is 0 Å². The molecule has 0 aliphatic carbocycles. The Labute approximate surface area is 157 Å². The third kappa shape index (κ3) is 3.75. The summed E-state index contributed by atoms with van der Waals surface area (Å²) in [4.78, 5) is 20.3. The maximum Gasteiger partial charge on any atom is 0.229 e. The van der Waals surface area contributed by atoms with Gasteiger partial charge in [0.2, 0.25) is 5.95 Å². The molecular formula is C19H22N6O2. The number of nitrogens with one attached hydrogen (secondary N) is 1. The second kappa shape index (κ2) is 7.32. The minimum Gasteiger partial charge on any atom is -0.497 e. The molecule has 1 saturated heterocycles. The molecule has 0 unspecified atom stereocenters. The third-order valence-corrected chi connectivity index (χ3v) is 4.38. The topological polar surface area (TPSA) is 85.3 Å². The first-order valence-corrected chi connectivity index (χ1v) is 8.92. The highest BCUT2D eigenvalue weighted by Gasteiger charge is 2.25. The highest BCUT2D eigenvalue weighted by molar-refractivity contribution is 5.85. The van der Waals surface area contributed by atoms with Crippen LogP contribution >= 0.6 is 0 Å². The average Bonchev–Trinajstić information content (AvgIpc) is 2.68. The summed E-state index contributed by atoms with van der Waals surface area (Å²) in [5, 5.41) is 3.33. The predicted molar refractivity (Wildman–Crippen MR) is 104 cm³/mol. The molecular weight excluding hydrogens is 344 g/mol. The summed E-state index contributed by atoms with van der Waals surface area (Å²) in [6.45, 7) is 5.58. The van der Waals surface area contributed by atoms with E-state index in [1.54, 1.807) is 19.5 Å². The zero-order chi connectivity index (χ0) is 18.8. The van der Waals surface area contributed by atoms with Crippen LogP contribution in [-0.4, -0.2) is 52.3 Å². The van der Waals surface area contributed by atoms with E-state index in [9.17, 15) is 0 Å². The number of anilines is 3. The summed E-state index contributed by atoms with van der Waals surface area (Å²) in [7, 11) is 1.65. The fourth-order valence-electron chi connectivity index (χ4n) is 3.23. The largest absolute Gasteiger partial charge is 0.497 e. The fraction of sp³-hybridized carbons (Fsp3) is 0.368. The van der Waals surface area contributed by atoms with E-state index in [0.717, 1.165) is 24.5 Å². The van der Waals surface area contributed by atoms with Crippen molar-refractivity contribution in [2.45, 2.75) is 26.1 Å². The number of hydrogen-bond acceptors (Lipinski definition) is 8. The van der Waals surface area contributed by atoms with Crippen molar-refractivity contribution in [3.63, 3.8) is 0 Å². The fourth-order valence-corrected chi connectivity index (χ4v) is 3.23. The second-order valence-electron chi connectivity index (χ2n) is 6.62. The molecule has 1 N–H and O–H groups in total. The maximum atomic E-state index is 5.82. The van der Waals surface area contributed by atoms with Gasteiger partial charge in [0.25, 0.3) is 0 Å². The molecule has 3 aromatic rings. The molecule has 0 bridgehead atoms. The van der Waals surface area contributed by atoms with Crippen molar-refractivity contribution in [1.82, 2.24) is 19.9 Å². The summed E-state index contributed by atoms with van der Waals surface area (Å²) in [6, 6.07) is 7.65. The first-order valence-electron chi connectivity index (χ1n) is 8.92. The Kier molecular flexibility index (Phi) is 4.72. The molecule has 8 heteroatoms. The predicted octanol–water partition coefficient (Wildman–Crippen LogP) is 2.79. The Bertz CT molecular complexity index is 923. The summed E-state index contributed by atoms with van der Waals surface area (Å²) in [6.07, 6.45) is 3.52. The van der Waals surface area contributed by atoms with Crippen molar-refractivity contribution in [3.05, 3.63) is 36.7 Å². The number of fused-ring (bicyclic) bond motifs is 1. The Morgan fingerprint density at radius 2 is 1.74 bits per heavy atom. The van der Waals surface area contributed by atoms with Gasteiger partial charge in [-0.3, -0.25) is 0 Å². The van der Waals surface area contributed by atoms with Gasteiger partial charge in [0.15, 0.2) is 17.0 Å². The molecule has 0 spiro atoms. The summed E-state index contributed by atoms with van der Waals surface area (Å²) >= 11 is 0. The lowest BCUT2D eigenvalue weighted by Gasteiger charge is -2.35. The van der Waals surface area contributed by atoms with E-state index in [4.69, 9.17) is 14.5 Å². The van der Waals surface area contributed by atoms with E-state index in [-0.39, 0.29) is 12.2 Å². The van der Waals surface area contributed by atoms with E-state index in [0.29, 0.717) is 22.9 Å². The first kappa shape index (κ1) is 17.4. The van der Waals surface area contributed by atoms with Gasteiger partial charge in [-0.05, 0) is 38.1 Å². The van der Waals surface area contributed by atoms with Gasteiger partial charge in [-0.2, -0.15) is 9.97 Å². The number of nitrogens with zero attached hydrogens (tertiary/aromatic N) is 5. The molecule has 4 rings (SSSR count). The van der Waals surface area contributed by atoms with Crippen LogP contribution < -0.4 is 15.0 Å². The quantitative estimate of drug-likeness (QED) is 0.754. The third-order valence-electron chi connectivity index (χ3n) is 4.38. The average molecular weight is 366 g/mol. The molecule has 0 saturated carbocycles. The normalized spacial score (nSPS) is 19.9. The molecule has 2 atom stereocenters. The zero-order valence-corrected chi connectivity index (χ0v) is 15.6. The van der Waals surface area contributed by atoms with E-state index in [2.05, 4.69) is 39.0 Å². The van der Waals surface area contributed by atoms with Crippen LogP contribution in [0.15, 0.2) is 36.7 Å². The lowest BCUT2D eigenvalue weighted by molar-refractivity contribution is -0.00569. The second-order valence-corrected chi connectivity index (χ2v) is 6.62. The van der Waals surface area contributed by atoms with Gasteiger partial charge in [-0.15, -0.1) is 0 Å². The smallest absolute Gasteiger partial charge is 0.229 e. The van der Waals surface area contributed by atoms with Crippen LogP contribution in [0.3, 0.4) is 0 Å². The molecule has 1 aliphatic heterocycles. The van der Waals surface area contributed by atoms with Gasteiger partial charge in [-0.1, -0.05) is 0 Å². The van der Waals surface area contributed by atoms with Gasteiger partial charge >= 0.3 is 0 Å². The molecule has 1 aromatic carbocycles. The molecule has 0 amide bonds. The van der Waals surface area contributed by atoms with Gasteiger partial charge < -0.3 is 19.7 Å². The van der Waals surface area contributed by atoms with Gasteiger partial charge in [-0.25, -0.2) is 9.97 Å². The van der Waals surface area contributed by atoms with Crippen LogP contribution in [0.1, 0.15) is 13.8 Å². The van der Waals surface area contributed by atoms with E-state index < -0.39 is 0 Å². The number of rotatable bonds is 4. The first-order chi connectivity index (χ1) is 13.1. The summed E-state index contributed by atoms with van der Waals surface area (Å²) in [5.74, 6) is 2.05. The lowest BCUT2D eigenvalue weighted by atomic mass is 10.2. The lowest BCUT2D eigenvalue weighted by Crippen LogP contribution is -2.46. The number of benzene rings is 1. The molecule has 2 aromatic heterocycles. The van der Waals surface area contributed by atoms with Crippen LogP contribution in [0.5, 0.6) is 5.75 Å². The Morgan fingerprint density at radius 3 is 2.44 bits per heavy atom. The van der Waals surface area contributed by atoms with Crippen molar-refractivity contribution < 1.29 is 9.47 Å². The molecule has 140 valence electrons. The van der Waals surface area contributed by atoms with Crippen molar-refractivity contribution in [1.29, 1.82) is 0 Å². The van der Waals surface area contributed by atoms with Gasteiger partial charge in [0, 0.05) is 31.2 Å². The Hall–Kier alpha value is -3.00. The molecule has 0 radical (unpaired) electrons. The molecule has 1 aliphatic rings. The minimum atomic E-state index is 0.118. The van der Waals surface area contributed by atoms with Crippen molar-refractivity contribution >= 4 is 28.6 Å². The van der Waals surface area contributed by atoms with E-state index in [1.165, 1.54) is 0 Å². The van der Waals surface area contributed by atoms with Crippen molar-refractivity contribution in [2.75, 3.05) is 30.4 Å². The van der Waals surface area contributed by atoms with Gasteiger partial charge in [0.1, 0.15) is 5.75 Å². The highest BCUT2D eigenvalue weighted by atomic mass is 16.5. The number of morpholine rings is 1. The molecule has 8 nitrogen and oxygen atoms in total.